The van der Waals surface area contributed by atoms with Crippen LogP contribution in [0.1, 0.15) is 5.56 Å². The molecule has 0 aliphatic carbocycles. The smallest absolute Gasteiger partial charge is 0.261 e. The highest BCUT2D eigenvalue weighted by atomic mass is 16.5. The van der Waals surface area contributed by atoms with Crippen molar-refractivity contribution < 1.29 is 14.2 Å². The highest BCUT2D eigenvalue weighted by Gasteiger charge is 2.12. The summed E-state index contributed by atoms with van der Waals surface area (Å²) in [5.74, 6) is 1.73. The molecule has 0 saturated heterocycles. The zero-order valence-electron chi connectivity index (χ0n) is 16.3. The number of hydrogen-bond donors (Lipinski definition) is 0. The Morgan fingerprint density at radius 2 is 1.69 bits per heavy atom. The zero-order chi connectivity index (χ0) is 20.4. The van der Waals surface area contributed by atoms with Crippen LogP contribution in [0, 0.1) is 0 Å². The molecule has 8 nitrogen and oxygen atoms in total. The Morgan fingerprint density at radius 3 is 2.45 bits per heavy atom. The summed E-state index contributed by atoms with van der Waals surface area (Å²) in [4.78, 5) is 17.4. The van der Waals surface area contributed by atoms with E-state index in [1.807, 2.05) is 30.5 Å². The number of aromatic nitrogens is 4. The summed E-state index contributed by atoms with van der Waals surface area (Å²) in [5.41, 5.74) is 2.07. The van der Waals surface area contributed by atoms with Gasteiger partial charge in [-0.3, -0.25) is 9.36 Å². The van der Waals surface area contributed by atoms with E-state index in [1.165, 1.54) is 18.0 Å². The van der Waals surface area contributed by atoms with Crippen molar-refractivity contribution in [2.45, 2.75) is 6.54 Å². The monoisotopic (exact) mass is 392 g/mol. The van der Waals surface area contributed by atoms with E-state index in [-0.39, 0.29) is 5.56 Å². The van der Waals surface area contributed by atoms with Gasteiger partial charge in [-0.05, 0) is 18.2 Å². The molecule has 8 heteroatoms. The van der Waals surface area contributed by atoms with Crippen LogP contribution >= 0.6 is 0 Å². The summed E-state index contributed by atoms with van der Waals surface area (Å²) in [5, 5.41) is 4.86. The molecule has 0 amide bonds. The fourth-order valence-corrected chi connectivity index (χ4v) is 3.19. The summed E-state index contributed by atoms with van der Waals surface area (Å²) in [7, 11) is 4.70. The first-order valence-corrected chi connectivity index (χ1v) is 8.92. The summed E-state index contributed by atoms with van der Waals surface area (Å²) < 4.78 is 19.2. The Morgan fingerprint density at radius 1 is 0.966 bits per heavy atom. The molecule has 0 bridgehead atoms. The van der Waals surface area contributed by atoms with Crippen molar-refractivity contribution in [2.75, 3.05) is 21.3 Å². The number of methoxy groups -OCH3 is 3. The van der Waals surface area contributed by atoms with E-state index in [2.05, 4.69) is 10.1 Å². The molecule has 148 valence electrons. The van der Waals surface area contributed by atoms with E-state index >= 15 is 0 Å². The number of nitrogens with zero attached hydrogens (tertiary/aromatic N) is 4. The Balaban J connectivity index is 1.69. The van der Waals surface area contributed by atoms with Gasteiger partial charge in [0.1, 0.15) is 11.4 Å². The molecule has 0 radical (unpaired) electrons. The van der Waals surface area contributed by atoms with Crippen molar-refractivity contribution in [3.63, 3.8) is 0 Å². The summed E-state index contributed by atoms with van der Waals surface area (Å²) in [6.07, 6.45) is 5.11. The van der Waals surface area contributed by atoms with Gasteiger partial charge in [0.05, 0.1) is 51.3 Å². The maximum atomic E-state index is 13.0. The second kappa shape index (κ2) is 7.67. The zero-order valence-corrected chi connectivity index (χ0v) is 16.3. The Hall–Kier alpha value is -3.81. The molecule has 2 aromatic heterocycles. The molecule has 0 spiro atoms. The molecule has 0 N–H and O–H groups in total. The van der Waals surface area contributed by atoms with Crippen LogP contribution in [-0.4, -0.2) is 40.7 Å². The second-order valence-electron chi connectivity index (χ2n) is 6.37. The molecule has 0 fully saturated rings. The van der Waals surface area contributed by atoms with Gasteiger partial charge in [0.15, 0.2) is 11.5 Å². The lowest BCUT2D eigenvalue weighted by Crippen LogP contribution is -2.21. The predicted octanol–water partition coefficient (Wildman–Crippen LogP) is 2.66. The summed E-state index contributed by atoms with van der Waals surface area (Å²) >= 11 is 0. The molecule has 0 aliphatic heterocycles. The molecule has 4 aromatic rings. The van der Waals surface area contributed by atoms with Gasteiger partial charge < -0.3 is 14.2 Å². The van der Waals surface area contributed by atoms with Crippen LogP contribution in [0.2, 0.25) is 0 Å². The molecular weight excluding hydrogens is 372 g/mol. The third-order valence-electron chi connectivity index (χ3n) is 4.65. The number of benzene rings is 2. The molecular formula is C21H20N4O4. The number of ether oxygens (including phenoxy) is 3. The first-order valence-electron chi connectivity index (χ1n) is 8.92. The molecule has 0 saturated carbocycles. The van der Waals surface area contributed by atoms with E-state index in [4.69, 9.17) is 14.2 Å². The SMILES string of the molecule is COc1cc2ncn(Cc3cnn(-c4ccccc4OC)c3)c(=O)c2cc1OC. The fourth-order valence-electron chi connectivity index (χ4n) is 3.19. The summed E-state index contributed by atoms with van der Waals surface area (Å²) in [6, 6.07) is 10.9. The van der Waals surface area contributed by atoms with Crippen molar-refractivity contribution in [3.05, 3.63) is 71.0 Å². The van der Waals surface area contributed by atoms with Gasteiger partial charge in [-0.25, -0.2) is 9.67 Å². The van der Waals surface area contributed by atoms with Gasteiger partial charge in [-0.15, -0.1) is 0 Å². The Kier molecular flexibility index (Phi) is 4.90. The maximum Gasteiger partial charge on any atom is 0.261 e. The largest absolute Gasteiger partial charge is 0.494 e. The second-order valence-corrected chi connectivity index (χ2v) is 6.37. The topological polar surface area (TPSA) is 80.4 Å². The summed E-state index contributed by atoms with van der Waals surface area (Å²) in [6.45, 7) is 0.339. The third kappa shape index (κ3) is 3.40. The van der Waals surface area contributed by atoms with Crippen LogP contribution in [-0.2, 0) is 6.54 Å². The first-order chi connectivity index (χ1) is 14.1. The Bertz CT molecular complexity index is 1230. The van der Waals surface area contributed by atoms with Crippen molar-refractivity contribution in [1.29, 1.82) is 0 Å². The average molecular weight is 392 g/mol. The number of fused-ring (bicyclic) bond motifs is 1. The molecule has 2 aromatic carbocycles. The van der Waals surface area contributed by atoms with Crippen molar-refractivity contribution in [2.24, 2.45) is 0 Å². The molecule has 4 rings (SSSR count). The lowest BCUT2D eigenvalue weighted by atomic mass is 10.2. The normalized spacial score (nSPS) is 10.9. The van der Waals surface area contributed by atoms with Gasteiger partial charge in [-0.1, -0.05) is 12.1 Å². The van der Waals surface area contributed by atoms with Crippen LogP contribution in [0.25, 0.3) is 16.6 Å². The van der Waals surface area contributed by atoms with Crippen LogP contribution < -0.4 is 19.8 Å². The minimum absolute atomic E-state index is 0.166. The molecule has 29 heavy (non-hydrogen) atoms. The minimum atomic E-state index is -0.166. The molecule has 2 heterocycles. The maximum absolute atomic E-state index is 13.0. The van der Waals surface area contributed by atoms with E-state index in [9.17, 15) is 4.79 Å². The van der Waals surface area contributed by atoms with Crippen LogP contribution in [0.15, 0.2) is 59.9 Å². The minimum Gasteiger partial charge on any atom is -0.494 e. The first kappa shape index (κ1) is 18.5. The van der Waals surface area contributed by atoms with E-state index in [0.717, 1.165) is 11.3 Å². The van der Waals surface area contributed by atoms with Gasteiger partial charge in [-0.2, -0.15) is 5.10 Å². The van der Waals surface area contributed by atoms with Gasteiger partial charge >= 0.3 is 0 Å². The standard InChI is InChI=1S/C21H20N4O4/c1-27-18-7-5-4-6-17(18)25-12-14(10-23-25)11-24-13-22-16-9-20(29-3)19(28-2)8-15(16)21(24)26/h4-10,12-13H,11H2,1-3H3. The van der Waals surface area contributed by atoms with Crippen molar-refractivity contribution >= 4 is 10.9 Å². The van der Waals surface area contributed by atoms with E-state index < -0.39 is 0 Å². The number of para-hydroxylation sites is 2. The lowest BCUT2D eigenvalue weighted by molar-refractivity contribution is 0.355. The number of hydrogen-bond acceptors (Lipinski definition) is 6. The van der Waals surface area contributed by atoms with Crippen molar-refractivity contribution in [3.8, 4) is 22.9 Å². The highest BCUT2D eigenvalue weighted by Crippen LogP contribution is 2.29. The molecule has 0 atom stereocenters. The van der Waals surface area contributed by atoms with Crippen LogP contribution in [0.4, 0.5) is 0 Å². The highest BCUT2D eigenvalue weighted by molar-refractivity contribution is 5.81. The van der Waals surface area contributed by atoms with Crippen LogP contribution in [0.5, 0.6) is 17.2 Å². The molecule has 0 unspecified atom stereocenters. The number of rotatable bonds is 6. The third-order valence-corrected chi connectivity index (χ3v) is 4.65. The predicted molar refractivity (Wildman–Crippen MR) is 108 cm³/mol. The van der Waals surface area contributed by atoms with Gasteiger partial charge in [0.25, 0.3) is 5.56 Å². The van der Waals surface area contributed by atoms with Gasteiger partial charge in [0, 0.05) is 17.8 Å². The Labute approximate surface area is 166 Å². The lowest BCUT2D eigenvalue weighted by Gasteiger charge is -2.10. The van der Waals surface area contributed by atoms with Crippen molar-refractivity contribution in [1.82, 2.24) is 19.3 Å². The van der Waals surface area contributed by atoms with Crippen LogP contribution in [0.3, 0.4) is 0 Å². The average Bonchev–Trinajstić information content (AvgIpc) is 3.23. The van der Waals surface area contributed by atoms with E-state index in [0.29, 0.717) is 34.7 Å². The molecule has 0 aliphatic rings. The fraction of sp³-hybridized carbons (Fsp3) is 0.190. The van der Waals surface area contributed by atoms with E-state index in [1.54, 1.807) is 37.2 Å². The van der Waals surface area contributed by atoms with Gasteiger partial charge in [0.2, 0.25) is 0 Å². The quantitative estimate of drug-likeness (QED) is 0.502.